The van der Waals surface area contributed by atoms with Gasteiger partial charge in [0.15, 0.2) is 11.8 Å². The van der Waals surface area contributed by atoms with E-state index in [1.165, 1.54) is 11.3 Å². The quantitative estimate of drug-likeness (QED) is 0.613. The molecule has 0 aliphatic carbocycles. The lowest BCUT2D eigenvalue weighted by Gasteiger charge is -2.18. The second-order valence-electron chi connectivity index (χ2n) is 5.95. The molecule has 0 aliphatic heterocycles. The predicted octanol–water partition coefficient (Wildman–Crippen LogP) is 1.41. The van der Waals surface area contributed by atoms with E-state index in [2.05, 4.69) is 44.7 Å². The van der Waals surface area contributed by atoms with Gasteiger partial charge in [-0.25, -0.2) is 4.99 Å². The predicted molar refractivity (Wildman–Crippen MR) is 92.8 cm³/mol. The number of aromatic nitrogens is 4. The summed E-state index contributed by atoms with van der Waals surface area (Å²) in [5, 5.41) is 15.0. The summed E-state index contributed by atoms with van der Waals surface area (Å²) in [5.41, 5.74) is 3.56. The number of aryl methyl sites for hydroxylation is 3. The molecule has 0 fully saturated rings. The van der Waals surface area contributed by atoms with Gasteiger partial charge in [-0.2, -0.15) is 10.1 Å². The van der Waals surface area contributed by atoms with Gasteiger partial charge in [-0.1, -0.05) is 5.16 Å². The van der Waals surface area contributed by atoms with Crippen LogP contribution in [0.3, 0.4) is 0 Å². The van der Waals surface area contributed by atoms with Crippen LogP contribution in [-0.4, -0.2) is 38.5 Å². The van der Waals surface area contributed by atoms with Gasteiger partial charge in [-0.3, -0.25) is 4.68 Å². The van der Waals surface area contributed by atoms with Crippen LogP contribution in [0.15, 0.2) is 9.52 Å². The number of rotatable bonds is 6. The van der Waals surface area contributed by atoms with Crippen LogP contribution in [-0.2, 0) is 20.0 Å². The molecule has 8 nitrogen and oxygen atoms in total. The third-order valence-corrected chi connectivity index (χ3v) is 3.84. The van der Waals surface area contributed by atoms with Crippen molar-refractivity contribution >= 4 is 5.96 Å². The average Bonchev–Trinajstić information content (AvgIpc) is 3.04. The maximum atomic E-state index is 4.97. The third kappa shape index (κ3) is 4.56. The molecular formula is C16H27N7O. The van der Waals surface area contributed by atoms with Crippen LogP contribution in [0.5, 0.6) is 0 Å². The summed E-state index contributed by atoms with van der Waals surface area (Å²) in [6.45, 7) is 11.3. The highest BCUT2D eigenvalue weighted by molar-refractivity contribution is 5.80. The van der Waals surface area contributed by atoms with Gasteiger partial charge in [0, 0.05) is 32.3 Å². The lowest BCUT2D eigenvalue weighted by atomic mass is 10.1. The Balaban J connectivity index is 2.00. The number of hydrogen-bond donors (Lipinski definition) is 2. The molecule has 8 heteroatoms. The van der Waals surface area contributed by atoms with Gasteiger partial charge < -0.3 is 15.2 Å². The average molecular weight is 333 g/mol. The van der Waals surface area contributed by atoms with E-state index in [9.17, 15) is 0 Å². The largest absolute Gasteiger partial charge is 0.357 e. The maximum Gasteiger partial charge on any atom is 0.223 e. The second kappa shape index (κ2) is 7.94. The van der Waals surface area contributed by atoms with Crippen LogP contribution in [0.4, 0.5) is 0 Å². The molecule has 0 saturated carbocycles. The van der Waals surface area contributed by atoms with Crippen molar-refractivity contribution in [1.82, 2.24) is 30.6 Å². The Morgan fingerprint density at radius 1 is 1.33 bits per heavy atom. The van der Waals surface area contributed by atoms with Crippen LogP contribution in [0.2, 0.25) is 0 Å². The fraction of sp³-hybridized carbons (Fsp3) is 0.625. The summed E-state index contributed by atoms with van der Waals surface area (Å²) in [4.78, 5) is 8.68. The van der Waals surface area contributed by atoms with Gasteiger partial charge in [0.25, 0.3) is 0 Å². The number of nitrogens with zero attached hydrogens (tertiary/aromatic N) is 5. The molecule has 0 aliphatic rings. The molecule has 0 radical (unpaired) electrons. The van der Waals surface area contributed by atoms with Crippen molar-refractivity contribution in [2.24, 2.45) is 12.0 Å². The Labute approximate surface area is 142 Å². The van der Waals surface area contributed by atoms with Crippen molar-refractivity contribution in [1.29, 1.82) is 0 Å². The third-order valence-electron chi connectivity index (χ3n) is 3.84. The second-order valence-corrected chi connectivity index (χ2v) is 5.95. The number of guanidine groups is 1. The Kier molecular flexibility index (Phi) is 5.94. The van der Waals surface area contributed by atoms with Crippen molar-refractivity contribution in [2.75, 3.05) is 6.54 Å². The molecule has 24 heavy (non-hydrogen) atoms. The highest BCUT2D eigenvalue weighted by Crippen LogP contribution is 2.14. The summed E-state index contributed by atoms with van der Waals surface area (Å²) in [7, 11) is 1.97. The van der Waals surface area contributed by atoms with Crippen molar-refractivity contribution in [3.05, 3.63) is 28.7 Å². The van der Waals surface area contributed by atoms with Gasteiger partial charge >= 0.3 is 0 Å². The molecule has 1 unspecified atom stereocenters. The zero-order chi connectivity index (χ0) is 17.7. The van der Waals surface area contributed by atoms with Gasteiger partial charge in [0.05, 0.1) is 5.69 Å². The summed E-state index contributed by atoms with van der Waals surface area (Å²) in [6.07, 6.45) is 0.886. The maximum absolute atomic E-state index is 4.97. The zero-order valence-corrected chi connectivity index (χ0v) is 15.3. The Hall–Kier alpha value is -2.38. The van der Waals surface area contributed by atoms with Gasteiger partial charge in [-0.05, 0) is 39.7 Å². The van der Waals surface area contributed by atoms with Gasteiger partial charge in [0.1, 0.15) is 6.54 Å². The van der Waals surface area contributed by atoms with Crippen LogP contribution in [0.25, 0.3) is 0 Å². The molecule has 2 N–H and O–H groups in total. The fourth-order valence-electron chi connectivity index (χ4n) is 2.58. The van der Waals surface area contributed by atoms with Crippen LogP contribution < -0.4 is 10.6 Å². The van der Waals surface area contributed by atoms with Crippen molar-refractivity contribution in [3.63, 3.8) is 0 Å². The molecule has 0 bridgehead atoms. The first-order chi connectivity index (χ1) is 11.4. The van der Waals surface area contributed by atoms with Crippen LogP contribution >= 0.6 is 0 Å². The van der Waals surface area contributed by atoms with E-state index < -0.39 is 0 Å². The van der Waals surface area contributed by atoms with Gasteiger partial charge in [0.2, 0.25) is 5.89 Å². The molecule has 0 aromatic carbocycles. The molecule has 2 heterocycles. The minimum atomic E-state index is 0.219. The lowest BCUT2D eigenvalue weighted by molar-refractivity contribution is 0.387. The molecule has 2 aromatic heterocycles. The number of nitrogens with one attached hydrogen (secondary N) is 2. The Morgan fingerprint density at radius 2 is 2.08 bits per heavy atom. The Bertz CT molecular complexity index is 701. The first-order valence-electron chi connectivity index (χ1n) is 8.23. The van der Waals surface area contributed by atoms with E-state index in [0.29, 0.717) is 18.3 Å². The Morgan fingerprint density at radius 3 is 2.62 bits per heavy atom. The molecule has 0 spiro atoms. The van der Waals surface area contributed by atoms with E-state index in [-0.39, 0.29) is 6.04 Å². The smallest absolute Gasteiger partial charge is 0.223 e. The van der Waals surface area contributed by atoms with Crippen LogP contribution in [0, 0.1) is 20.8 Å². The molecule has 1 atom stereocenters. The lowest BCUT2D eigenvalue weighted by Crippen LogP contribution is -2.43. The zero-order valence-electron chi connectivity index (χ0n) is 15.3. The monoisotopic (exact) mass is 333 g/mol. The SMILES string of the molecule is CCNC(=NCc1noc(C)n1)NC(C)Cc1c(C)nn(C)c1C. The highest BCUT2D eigenvalue weighted by Gasteiger charge is 2.14. The topological polar surface area (TPSA) is 93.2 Å². The van der Waals surface area contributed by atoms with Crippen LogP contribution in [0.1, 0.15) is 42.5 Å². The van der Waals surface area contributed by atoms with Crippen molar-refractivity contribution in [2.45, 2.75) is 53.6 Å². The number of hydrogen-bond acceptors (Lipinski definition) is 5. The van der Waals surface area contributed by atoms with Crippen molar-refractivity contribution in [3.8, 4) is 0 Å². The number of aliphatic imine (C=N–C) groups is 1. The normalized spacial score (nSPS) is 13.2. The molecule has 132 valence electrons. The fourth-order valence-corrected chi connectivity index (χ4v) is 2.58. The first-order valence-corrected chi connectivity index (χ1v) is 8.23. The van der Waals surface area contributed by atoms with E-state index in [0.717, 1.165) is 24.6 Å². The molecule has 2 aromatic rings. The summed E-state index contributed by atoms with van der Waals surface area (Å²) >= 11 is 0. The molecule has 0 saturated heterocycles. The standard InChI is InChI=1S/C16H27N7O/c1-7-17-16(18-9-15-20-13(5)24-22-15)19-10(2)8-14-11(3)21-23(6)12(14)4/h10H,7-9H2,1-6H3,(H2,17,18,19). The van der Waals surface area contributed by atoms with E-state index in [1.54, 1.807) is 6.92 Å². The van der Waals surface area contributed by atoms with E-state index in [1.807, 2.05) is 25.6 Å². The van der Waals surface area contributed by atoms with E-state index in [4.69, 9.17) is 4.52 Å². The minimum absolute atomic E-state index is 0.219. The van der Waals surface area contributed by atoms with E-state index >= 15 is 0 Å². The minimum Gasteiger partial charge on any atom is -0.357 e. The summed E-state index contributed by atoms with van der Waals surface area (Å²) in [6, 6.07) is 0.219. The first kappa shape index (κ1) is 18.0. The summed E-state index contributed by atoms with van der Waals surface area (Å²) < 4.78 is 6.89. The molecule has 2 rings (SSSR count). The highest BCUT2D eigenvalue weighted by atomic mass is 16.5. The van der Waals surface area contributed by atoms with Gasteiger partial charge in [-0.15, -0.1) is 0 Å². The molecule has 0 amide bonds. The van der Waals surface area contributed by atoms with Crippen molar-refractivity contribution < 1.29 is 4.52 Å². The molecular weight excluding hydrogens is 306 g/mol. The summed E-state index contributed by atoms with van der Waals surface area (Å²) in [5.74, 6) is 1.87.